The molecule has 0 unspecified atom stereocenters. The monoisotopic (exact) mass is 480 g/mol. The number of carbonyl (C=O) groups excluding carboxylic acids is 2. The number of hydrogen-bond donors (Lipinski definition) is 1. The maximum Gasteiger partial charge on any atom is 0.322 e. The zero-order valence-electron chi connectivity index (χ0n) is 21.9. The van der Waals surface area contributed by atoms with Crippen LogP contribution in [0, 0.1) is 0 Å². The van der Waals surface area contributed by atoms with Crippen LogP contribution in [-0.2, 0) is 16.2 Å². The molecular weight excluding hydrogens is 436 g/mol. The molecule has 0 saturated heterocycles. The molecule has 0 spiro atoms. The van der Waals surface area contributed by atoms with Crippen molar-refractivity contribution in [2.75, 3.05) is 6.54 Å². The molecule has 0 aliphatic rings. The van der Waals surface area contributed by atoms with Crippen molar-refractivity contribution in [3.63, 3.8) is 0 Å². The van der Waals surface area contributed by atoms with Gasteiger partial charge in [0.15, 0.2) is 0 Å². The van der Waals surface area contributed by atoms with E-state index in [-0.39, 0.29) is 17.9 Å². The molecule has 0 aliphatic heterocycles. The van der Waals surface area contributed by atoms with Gasteiger partial charge in [-0.05, 0) is 36.6 Å². The molecule has 0 radical (unpaired) electrons. The number of hydroxylamine groups is 2. The van der Waals surface area contributed by atoms with Gasteiger partial charge in [0.25, 0.3) is 5.91 Å². The zero-order valence-corrected chi connectivity index (χ0v) is 21.9. The Morgan fingerprint density at radius 2 is 1.40 bits per heavy atom. The summed E-state index contributed by atoms with van der Waals surface area (Å²) < 4.78 is 0. The third-order valence-electron chi connectivity index (χ3n) is 6.33. The van der Waals surface area contributed by atoms with E-state index >= 15 is 0 Å². The number of benzene rings is 2. The number of hydrogen-bond acceptors (Lipinski definition) is 4. The first-order chi connectivity index (χ1) is 17.0. The second-order valence-electron chi connectivity index (χ2n) is 9.38. The Bertz CT molecular complexity index is 852. The van der Waals surface area contributed by atoms with E-state index in [1.54, 1.807) is 5.06 Å². The number of nitrogens with zero attached hydrogens (tertiary/aromatic N) is 1. The molecule has 0 aromatic heterocycles. The van der Waals surface area contributed by atoms with Crippen molar-refractivity contribution in [3.8, 4) is 0 Å². The van der Waals surface area contributed by atoms with Gasteiger partial charge < -0.3 is 10.2 Å². The van der Waals surface area contributed by atoms with Gasteiger partial charge in [-0.15, -0.1) is 5.06 Å². The van der Waals surface area contributed by atoms with Gasteiger partial charge in [0, 0.05) is 19.0 Å². The molecule has 1 amide bonds. The van der Waals surface area contributed by atoms with Gasteiger partial charge in [0.05, 0.1) is 12.6 Å². The van der Waals surface area contributed by atoms with E-state index < -0.39 is 0 Å². The van der Waals surface area contributed by atoms with Crippen molar-refractivity contribution in [2.24, 2.45) is 0 Å². The summed E-state index contributed by atoms with van der Waals surface area (Å²) in [5, 5.41) is 4.71. The minimum absolute atomic E-state index is 0.0398. The maximum absolute atomic E-state index is 12.5. The quantitative estimate of drug-likeness (QED) is 0.190. The number of rotatable bonds is 17. The number of nitrogens with one attached hydrogen (secondary N) is 1. The zero-order chi connectivity index (χ0) is 25.3. The summed E-state index contributed by atoms with van der Waals surface area (Å²) in [6.07, 6.45) is 12.8. The maximum atomic E-state index is 12.5. The number of amides is 1. The highest BCUT2D eigenvalue weighted by Gasteiger charge is 2.19. The minimum atomic E-state index is -0.351. The first-order valence-electron chi connectivity index (χ1n) is 13.4. The molecule has 0 bridgehead atoms. The van der Waals surface area contributed by atoms with Gasteiger partial charge >= 0.3 is 5.97 Å². The average molecular weight is 481 g/mol. The fourth-order valence-corrected chi connectivity index (χ4v) is 4.17. The van der Waals surface area contributed by atoms with E-state index in [0.717, 1.165) is 17.5 Å². The Hall–Kier alpha value is -2.66. The Morgan fingerprint density at radius 3 is 1.97 bits per heavy atom. The van der Waals surface area contributed by atoms with Crippen molar-refractivity contribution in [2.45, 2.75) is 97.6 Å². The minimum Gasteiger partial charge on any atom is -0.367 e. The highest BCUT2D eigenvalue weighted by atomic mass is 16.7. The van der Waals surface area contributed by atoms with E-state index in [2.05, 4.69) is 12.2 Å². The van der Waals surface area contributed by atoms with E-state index in [1.165, 1.54) is 64.7 Å². The second kappa shape index (κ2) is 16.9. The number of unbranched alkanes of at least 4 members (excludes halogenated alkanes) is 9. The molecule has 2 rings (SSSR count). The smallest absolute Gasteiger partial charge is 0.322 e. The molecule has 5 heteroatoms. The summed E-state index contributed by atoms with van der Waals surface area (Å²) in [5.74, 6) is -0.391. The van der Waals surface area contributed by atoms with Crippen LogP contribution in [0.3, 0.4) is 0 Å². The summed E-state index contributed by atoms with van der Waals surface area (Å²) >= 11 is 0. The van der Waals surface area contributed by atoms with Gasteiger partial charge in [0.1, 0.15) is 0 Å². The highest BCUT2D eigenvalue weighted by molar-refractivity contribution is 5.94. The van der Waals surface area contributed by atoms with Gasteiger partial charge in [-0.2, -0.15) is 0 Å². The van der Waals surface area contributed by atoms with Crippen LogP contribution in [0.2, 0.25) is 0 Å². The first-order valence-corrected chi connectivity index (χ1v) is 13.4. The van der Waals surface area contributed by atoms with Gasteiger partial charge in [0.2, 0.25) is 0 Å². The highest BCUT2D eigenvalue weighted by Crippen LogP contribution is 2.23. The molecular formula is C30H44N2O3. The second-order valence-corrected chi connectivity index (χ2v) is 9.38. The Labute approximate surface area is 212 Å². The lowest BCUT2D eigenvalue weighted by molar-refractivity contribution is -0.202. The lowest BCUT2D eigenvalue weighted by Crippen LogP contribution is -2.29. The lowest BCUT2D eigenvalue weighted by atomic mass is 10.1. The molecule has 1 N–H and O–H groups in total. The van der Waals surface area contributed by atoms with Crippen LogP contribution < -0.4 is 5.32 Å². The molecule has 2 aromatic carbocycles. The molecule has 192 valence electrons. The van der Waals surface area contributed by atoms with Crippen molar-refractivity contribution in [3.05, 3.63) is 71.3 Å². The van der Waals surface area contributed by atoms with E-state index in [1.807, 2.05) is 61.5 Å². The van der Waals surface area contributed by atoms with Crippen LogP contribution in [0.25, 0.3) is 0 Å². The molecule has 0 aliphatic carbocycles. The molecule has 1 atom stereocenters. The van der Waals surface area contributed by atoms with Crippen molar-refractivity contribution >= 4 is 11.9 Å². The molecule has 5 nitrogen and oxygen atoms in total. The third kappa shape index (κ3) is 11.5. The molecule has 0 saturated carbocycles. The van der Waals surface area contributed by atoms with E-state index in [4.69, 9.17) is 4.84 Å². The summed E-state index contributed by atoms with van der Waals surface area (Å²) in [4.78, 5) is 29.6. The third-order valence-corrected chi connectivity index (χ3v) is 6.33. The predicted molar refractivity (Wildman–Crippen MR) is 143 cm³/mol. The fourth-order valence-electron chi connectivity index (χ4n) is 4.17. The predicted octanol–water partition coefficient (Wildman–Crippen LogP) is 7.38. The van der Waals surface area contributed by atoms with Gasteiger partial charge in [-0.3, -0.25) is 9.59 Å². The standard InChI is InChI=1S/C30H44N2O3/c1-4-5-6-7-8-9-10-11-12-16-23-31-30(34)29-21-19-27(20-22-29)24-32(35-26(3)33)25(2)28-17-14-13-15-18-28/h13-15,17-22,25H,4-12,16,23-24H2,1-3H3,(H,31,34)/t25-/m0/s1. The fraction of sp³-hybridized carbons (Fsp3) is 0.533. The molecule has 2 aromatic rings. The Kier molecular flexibility index (Phi) is 13.8. The lowest BCUT2D eigenvalue weighted by Gasteiger charge is -2.27. The summed E-state index contributed by atoms with van der Waals surface area (Å²) in [6, 6.07) is 17.4. The van der Waals surface area contributed by atoms with Gasteiger partial charge in [-0.1, -0.05) is 107 Å². The largest absolute Gasteiger partial charge is 0.367 e. The van der Waals surface area contributed by atoms with Crippen LogP contribution >= 0.6 is 0 Å². The van der Waals surface area contributed by atoms with Crippen LogP contribution in [0.4, 0.5) is 0 Å². The van der Waals surface area contributed by atoms with E-state index in [9.17, 15) is 9.59 Å². The Morgan fingerprint density at radius 1 is 0.829 bits per heavy atom. The molecule has 0 fully saturated rings. The molecule has 35 heavy (non-hydrogen) atoms. The number of carbonyl (C=O) groups is 2. The van der Waals surface area contributed by atoms with Crippen molar-refractivity contribution in [1.29, 1.82) is 0 Å². The topological polar surface area (TPSA) is 58.6 Å². The van der Waals surface area contributed by atoms with Crippen LogP contribution in [0.1, 0.15) is 113 Å². The van der Waals surface area contributed by atoms with E-state index in [0.29, 0.717) is 18.7 Å². The van der Waals surface area contributed by atoms with Crippen molar-refractivity contribution in [1.82, 2.24) is 10.4 Å². The van der Waals surface area contributed by atoms with Gasteiger partial charge in [-0.25, -0.2) is 0 Å². The average Bonchev–Trinajstić information content (AvgIpc) is 2.87. The van der Waals surface area contributed by atoms with Crippen LogP contribution in [-0.4, -0.2) is 23.5 Å². The normalized spacial score (nSPS) is 11.9. The SMILES string of the molecule is CCCCCCCCCCCCNC(=O)c1ccc(CN(OC(C)=O)[C@@H](C)c2ccccc2)cc1. The molecule has 0 heterocycles. The Balaban J connectivity index is 1.72. The van der Waals surface area contributed by atoms with Crippen LogP contribution in [0.15, 0.2) is 54.6 Å². The first kappa shape index (κ1) is 28.6. The summed E-state index contributed by atoms with van der Waals surface area (Å²) in [5.41, 5.74) is 2.69. The van der Waals surface area contributed by atoms with Crippen LogP contribution in [0.5, 0.6) is 0 Å². The summed E-state index contributed by atoms with van der Waals surface area (Å²) in [6.45, 7) is 6.82. The summed E-state index contributed by atoms with van der Waals surface area (Å²) in [7, 11) is 0. The van der Waals surface area contributed by atoms with Crippen molar-refractivity contribution < 1.29 is 14.4 Å².